The topological polar surface area (TPSA) is 112 Å². The number of benzene rings is 2. The third-order valence-electron chi connectivity index (χ3n) is 8.24. The minimum absolute atomic E-state index is 0.0615. The van der Waals surface area contributed by atoms with E-state index in [1.165, 1.54) is 0 Å². The number of piperidine rings is 1. The summed E-state index contributed by atoms with van der Waals surface area (Å²) in [4.78, 5) is 22.2. The standard InChI is InChI=1S/C35H39Cl2FN6O3/c1-21(45)18-39-19-24-8-7-23(17-30(24)47-3)34-32(37)28(10-14-40-34)27-5-4-6-29(31(27)36)43-35-33(38)25(9-13-41-35)20-42-26-11-15-44(16-12-26)22(2)46/h4-10,13-14,17,21,26,39,42,45H,11-12,15-16,18-20H2,1-3H3,(H,41,43). The average Bonchev–Trinajstić information content (AvgIpc) is 3.06. The number of aromatic nitrogens is 2. The molecule has 1 amide bonds. The van der Waals surface area contributed by atoms with Crippen LogP contribution in [0.5, 0.6) is 5.75 Å². The van der Waals surface area contributed by atoms with Crippen molar-refractivity contribution in [2.75, 3.05) is 32.1 Å². The lowest BCUT2D eigenvalue weighted by atomic mass is 10.0. The molecular formula is C35H39Cl2FN6O3. The number of likely N-dealkylation sites (tertiary alicyclic amines) is 1. The molecule has 2 aromatic heterocycles. The van der Waals surface area contributed by atoms with Crippen LogP contribution in [0.15, 0.2) is 60.9 Å². The van der Waals surface area contributed by atoms with Crippen molar-refractivity contribution in [3.8, 4) is 28.1 Å². The molecule has 3 heterocycles. The van der Waals surface area contributed by atoms with Crippen molar-refractivity contribution in [3.63, 3.8) is 0 Å². The summed E-state index contributed by atoms with van der Waals surface area (Å²) in [6.45, 7) is 6.02. The first-order valence-corrected chi connectivity index (χ1v) is 16.3. The molecule has 47 heavy (non-hydrogen) atoms. The van der Waals surface area contributed by atoms with Crippen LogP contribution in [0.1, 0.15) is 37.8 Å². The molecule has 1 aliphatic heterocycles. The molecule has 5 rings (SSSR count). The van der Waals surface area contributed by atoms with E-state index in [0.717, 1.165) is 24.0 Å². The second kappa shape index (κ2) is 15.9. The van der Waals surface area contributed by atoms with E-state index in [1.54, 1.807) is 51.6 Å². The van der Waals surface area contributed by atoms with E-state index in [-0.39, 0.29) is 17.8 Å². The predicted octanol–water partition coefficient (Wildman–Crippen LogP) is 6.58. The van der Waals surface area contributed by atoms with Crippen LogP contribution in [-0.2, 0) is 17.9 Å². The van der Waals surface area contributed by atoms with Gasteiger partial charge in [0, 0.05) is 85.9 Å². The van der Waals surface area contributed by atoms with Crippen LogP contribution < -0.4 is 20.7 Å². The Morgan fingerprint density at radius 1 is 1.04 bits per heavy atom. The molecule has 1 aliphatic rings. The van der Waals surface area contributed by atoms with Crippen molar-refractivity contribution in [3.05, 3.63) is 87.9 Å². The van der Waals surface area contributed by atoms with Crippen LogP contribution in [0.25, 0.3) is 22.4 Å². The van der Waals surface area contributed by atoms with E-state index in [1.807, 2.05) is 35.2 Å². The zero-order valence-electron chi connectivity index (χ0n) is 26.6. The summed E-state index contributed by atoms with van der Waals surface area (Å²) in [5, 5.41) is 20.0. The maximum absolute atomic E-state index is 15.6. The number of hydrogen-bond acceptors (Lipinski definition) is 8. The molecule has 0 aliphatic carbocycles. The van der Waals surface area contributed by atoms with Crippen molar-refractivity contribution >= 4 is 40.6 Å². The van der Waals surface area contributed by atoms with Gasteiger partial charge in [-0.15, -0.1) is 0 Å². The van der Waals surface area contributed by atoms with Crippen LogP contribution in [0.4, 0.5) is 15.9 Å². The van der Waals surface area contributed by atoms with Crippen molar-refractivity contribution < 1.29 is 19.0 Å². The Morgan fingerprint density at radius 2 is 1.79 bits per heavy atom. The fraction of sp³-hybridized carbons (Fsp3) is 0.343. The number of nitrogens with zero attached hydrogens (tertiary/aromatic N) is 3. The average molecular weight is 682 g/mol. The van der Waals surface area contributed by atoms with Crippen molar-refractivity contribution in [1.29, 1.82) is 0 Å². The van der Waals surface area contributed by atoms with Crippen LogP contribution in [0.3, 0.4) is 0 Å². The Kier molecular flexibility index (Phi) is 11.7. The highest BCUT2D eigenvalue weighted by atomic mass is 35.5. The lowest BCUT2D eigenvalue weighted by Crippen LogP contribution is -2.44. The van der Waals surface area contributed by atoms with Crippen LogP contribution in [0, 0.1) is 5.82 Å². The lowest BCUT2D eigenvalue weighted by Gasteiger charge is -2.31. The number of halogens is 3. The van der Waals surface area contributed by atoms with Gasteiger partial charge in [0.15, 0.2) is 11.6 Å². The van der Waals surface area contributed by atoms with Crippen molar-refractivity contribution in [2.24, 2.45) is 0 Å². The number of amides is 1. The van der Waals surface area contributed by atoms with Gasteiger partial charge in [-0.25, -0.2) is 9.37 Å². The number of carbonyl (C=O) groups is 1. The molecule has 0 radical (unpaired) electrons. The fourth-order valence-electron chi connectivity index (χ4n) is 5.63. The zero-order chi connectivity index (χ0) is 33.5. The fourth-order valence-corrected chi connectivity index (χ4v) is 6.23. The minimum atomic E-state index is -0.467. The first-order valence-electron chi connectivity index (χ1n) is 15.5. The normalized spacial score (nSPS) is 14.2. The van der Waals surface area contributed by atoms with E-state index >= 15 is 4.39 Å². The van der Waals surface area contributed by atoms with Crippen molar-refractivity contribution in [2.45, 2.75) is 51.9 Å². The number of rotatable bonds is 12. The summed E-state index contributed by atoms with van der Waals surface area (Å²) >= 11 is 13.9. The zero-order valence-corrected chi connectivity index (χ0v) is 28.1. The van der Waals surface area contributed by atoms with Gasteiger partial charge in [-0.3, -0.25) is 9.78 Å². The van der Waals surface area contributed by atoms with E-state index in [9.17, 15) is 9.90 Å². The number of ether oxygens (including phenoxy) is 1. The highest BCUT2D eigenvalue weighted by Crippen LogP contribution is 2.41. The van der Waals surface area contributed by atoms with Crippen molar-refractivity contribution in [1.82, 2.24) is 25.5 Å². The molecule has 9 nitrogen and oxygen atoms in total. The summed E-state index contributed by atoms with van der Waals surface area (Å²) in [7, 11) is 1.60. The quantitative estimate of drug-likeness (QED) is 0.133. The van der Waals surface area contributed by atoms with Gasteiger partial charge in [-0.1, -0.05) is 47.5 Å². The van der Waals surface area contributed by atoms with Gasteiger partial charge in [-0.2, -0.15) is 0 Å². The van der Waals surface area contributed by atoms with Crippen LogP contribution in [0.2, 0.25) is 10.0 Å². The largest absolute Gasteiger partial charge is 0.496 e. The third-order valence-corrected chi connectivity index (χ3v) is 9.03. The third kappa shape index (κ3) is 8.38. The van der Waals surface area contributed by atoms with Gasteiger partial charge in [0.2, 0.25) is 5.91 Å². The molecule has 0 bridgehead atoms. The van der Waals surface area contributed by atoms with E-state index < -0.39 is 11.9 Å². The molecule has 1 unspecified atom stereocenters. The first-order chi connectivity index (χ1) is 22.7. The van der Waals surface area contributed by atoms with Crippen LogP contribution in [-0.4, -0.2) is 64.8 Å². The molecule has 1 saturated heterocycles. The number of hydrogen-bond donors (Lipinski definition) is 4. The van der Waals surface area contributed by atoms with E-state index in [2.05, 4.69) is 25.9 Å². The number of nitrogens with one attached hydrogen (secondary N) is 3. The summed E-state index contributed by atoms with van der Waals surface area (Å²) in [5.74, 6) is 0.341. The minimum Gasteiger partial charge on any atom is -0.496 e. The molecule has 1 fully saturated rings. The summed E-state index contributed by atoms with van der Waals surface area (Å²) in [6.07, 6.45) is 4.41. The second-order valence-electron chi connectivity index (χ2n) is 11.6. The molecular weight excluding hydrogens is 642 g/mol. The molecule has 2 aromatic carbocycles. The second-order valence-corrected chi connectivity index (χ2v) is 12.4. The summed E-state index contributed by atoms with van der Waals surface area (Å²) in [6, 6.07) is 14.8. The van der Waals surface area contributed by atoms with Gasteiger partial charge in [0.1, 0.15) is 5.75 Å². The number of carbonyl (C=O) groups excluding carboxylic acids is 1. The molecule has 248 valence electrons. The Bertz CT molecular complexity index is 1720. The maximum atomic E-state index is 15.6. The van der Waals surface area contributed by atoms with Crippen LogP contribution >= 0.6 is 23.2 Å². The van der Waals surface area contributed by atoms with Gasteiger partial charge < -0.3 is 30.7 Å². The summed E-state index contributed by atoms with van der Waals surface area (Å²) in [5.41, 5.74) is 4.51. The Morgan fingerprint density at radius 3 is 2.51 bits per heavy atom. The van der Waals surface area contributed by atoms with Gasteiger partial charge in [0.25, 0.3) is 0 Å². The Balaban J connectivity index is 1.34. The van der Waals surface area contributed by atoms with Gasteiger partial charge in [-0.05, 0) is 44.0 Å². The van der Waals surface area contributed by atoms with Gasteiger partial charge >= 0.3 is 0 Å². The molecule has 0 spiro atoms. The molecule has 12 heteroatoms. The molecule has 0 saturated carbocycles. The number of pyridine rings is 2. The smallest absolute Gasteiger partial charge is 0.219 e. The highest BCUT2D eigenvalue weighted by molar-refractivity contribution is 6.39. The number of anilines is 2. The molecule has 1 atom stereocenters. The Labute approximate surface area is 284 Å². The summed E-state index contributed by atoms with van der Waals surface area (Å²) < 4.78 is 21.2. The monoisotopic (exact) mass is 680 g/mol. The lowest BCUT2D eigenvalue weighted by molar-refractivity contribution is -0.129. The molecule has 4 N–H and O–H groups in total. The number of aliphatic hydroxyl groups is 1. The number of aliphatic hydroxyl groups excluding tert-OH is 1. The van der Waals surface area contributed by atoms with E-state index in [4.69, 9.17) is 27.9 Å². The highest BCUT2D eigenvalue weighted by Gasteiger charge is 2.22. The Hall–Kier alpha value is -3.80. The van der Waals surface area contributed by atoms with E-state index in [0.29, 0.717) is 76.6 Å². The van der Waals surface area contributed by atoms with Gasteiger partial charge in [0.05, 0.1) is 34.6 Å². The SMILES string of the molecule is COc1cc(-c2nccc(-c3cccc(Nc4nccc(CNC5CCN(C(C)=O)CC5)c4F)c3Cl)c2Cl)ccc1CNCC(C)O. The predicted molar refractivity (Wildman–Crippen MR) is 185 cm³/mol. The first kappa shape index (κ1) is 34.5. The number of methoxy groups -OCH3 is 1. The maximum Gasteiger partial charge on any atom is 0.219 e. The molecule has 4 aromatic rings.